The molecular weight excluding hydrogens is 236 g/mol. The first-order valence-corrected chi connectivity index (χ1v) is 6.13. The number of benzene rings is 2. The minimum Gasteiger partial charge on any atom is -0.496 e. The zero-order valence-corrected chi connectivity index (χ0v) is 11.1. The van der Waals surface area contributed by atoms with E-state index in [0.29, 0.717) is 11.3 Å². The molecule has 2 nitrogen and oxygen atoms in total. The van der Waals surface area contributed by atoms with Crippen LogP contribution in [-0.2, 0) is 0 Å². The first kappa shape index (κ1) is 13.1. The van der Waals surface area contributed by atoms with Gasteiger partial charge in [-0.2, -0.15) is 0 Å². The van der Waals surface area contributed by atoms with Crippen molar-refractivity contribution >= 4 is 11.9 Å². The van der Waals surface area contributed by atoms with Gasteiger partial charge in [-0.1, -0.05) is 42.5 Å². The summed E-state index contributed by atoms with van der Waals surface area (Å²) < 4.78 is 5.19. The Bertz CT molecular complexity index is 612. The number of allylic oxidation sites excluding steroid dienone is 1. The van der Waals surface area contributed by atoms with Crippen molar-refractivity contribution in [1.82, 2.24) is 0 Å². The Morgan fingerprint density at radius 1 is 1.05 bits per heavy atom. The lowest BCUT2D eigenvalue weighted by Gasteiger charge is -2.04. The maximum atomic E-state index is 12.1. The maximum absolute atomic E-state index is 12.1. The highest BCUT2D eigenvalue weighted by molar-refractivity contribution is 6.08. The Balaban J connectivity index is 2.24. The number of hydrogen-bond donors (Lipinski definition) is 0. The van der Waals surface area contributed by atoms with Crippen LogP contribution in [0.3, 0.4) is 0 Å². The van der Waals surface area contributed by atoms with Crippen molar-refractivity contribution in [3.8, 4) is 5.75 Å². The molecule has 0 unspecified atom stereocenters. The van der Waals surface area contributed by atoms with E-state index in [4.69, 9.17) is 4.74 Å². The molecule has 0 amide bonds. The van der Waals surface area contributed by atoms with Crippen LogP contribution in [0.5, 0.6) is 5.75 Å². The van der Waals surface area contributed by atoms with Crippen LogP contribution in [0, 0.1) is 6.92 Å². The Morgan fingerprint density at radius 3 is 2.47 bits per heavy atom. The van der Waals surface area contributed by atoms with Gasteiger partial charge in [-0.3, -0.25) is 4.79 Å². The van der Waals surface area contributed by atoms with E-state index in [2.05, 4.69) is 0 Å². The van der Waals surface area contributed by atoms with Crippen molar-refractivity contribution in [3.05, 3.63) is 71.3 Å². The molecule has 0 radical (unpaired) electrons. The second-order valence-corrected chi connectivity index (χ2v) is 4.25. The van der Waals surface area contributed by atoms with E-state index in [-0.39, 0.29) is 5.78 Å². The molecule has 0 aliphatic carbocycles. The highest BCUT2D eigenvalue weighted by Gasteiger charge is 2.07. The number of carbonyl (C=O) groups excluding carboxylic acids is 1. The van der Waals surface area contributed by atoms with Crippen molar-refractivity contribution < 1.29 is 9.53 Å². The van der Waals surface area contributed by atoms with Gasteiger partial charge in [0.1, 0.15) is 5.75 Å². The van der Waals surface area contributed by atoms with Crippen molar-refractivity contribution in [3.63, 3.8) is 0 Å². The van der Waals surface area contributed by atoms with Crippen LogP contribution in [0.4, 0.5) is 0 Å². The van der Waals surface area contributed by atoms with Crippen LogP contribution in [0.1, 0.15) is 21.5 Å². The fourth-order valence-electron chi connectivity index (χ4n) is 1.88. The first-order chi connectivity index (χ1) is 9.22. The van der Waals surface area contributed by atoms with Gasteiger partial charge in [0.05, 0.1) is 12.7 Å². The Morgan fingerprint density at radius 2 is 1.74 bits per heavy atom. The summed E-state index contributed by atoms with van der Waals surface area (Å²) in [5.41, 5.74) is 2.77. The Labute approximate surface area is 113 Å². The molecule has 0 fully saturated rings. The van der Waals surface area contributed by atoms with Gasteiger partial charge in [-0.15, -0.1) is 0 Å². The molecule has 0 saturated carbocycles. The minimum atomic E-state index is -0.0549. The first-order valence-electron chi connectivity index (χ1n) is 6.13. The minimum absolute atomic E-state index is 0.0549. The third-order valence-corrected chi connectivity index (χ3v) is 2.98. The lowest BCUT2D eigenvalue weighted by molar-refractivity contribution is 0.104. The van der Waals surface area contributed by atoms with Gasteiger partial charge in [0, 0.05) is 0 Å². The summed E-state index contributed by atoms with van der Waals surface area (Å²) in [4.78, 5) is 12.1. The monoisotopic (exact) mass is 252 g/mol. The Kier molecular flexibility index (Phi) is 4.14. The number of aryl methyl sites for hydroxylation is 1. The van der Waals surface area contributed by atoms with Crippen LogP contribution in [0.15, 0.2) is 54.6 Å². The van der Waals surface area contributed by atoms with E-state index >= 15 is 0 Å². The third-order valence-electron chi connectivity index (χ3n) is 2.98. The van der Waals surface area contributed by atoms with Crippen LogP contribution in [-0.4, -0.2) is 12.9 Å². The predicted molar refractivity (Wildman–Crippen MR) is 77.5 cm³/mol. The fourth-order valence-corrected chi connectivity index (χ4v) is 1.88. The average Bonchev–Trinajstić information content (AvgIpc) is 2.46. The van der Waals surface area contributed by atoms with Crippen LogP contribution < -0.4 is 4.74 Å². The van der Waals surface area contributed by atoms with Gasteiger partial charge in [0.2, 0.25) is 0 Å². The van der Waals surface area contributed by atoms with E-state index < -0.39 is 0 Å². The molecule has 0 bridgehead atoms. The lowest BCUT2D eigenvalue weighted by atomic mass is 10.1. The topological polar surface area (TPSA) is 26.3 Å². The molecule has 0 saturated heterocycles. The molecular formula is C17H16O2. The number of para-hydroxylation sites is 1. The van der Waals surface area contributed by atoms with Gasteiger partial charge in [0.25, 0.3) is 0 Å². The number of rotatable bonds is 4. The summed E-state index contributed by atoms with van der Waals surface area (Å²) in [7, 11) is 1.57. The quantitative estimate of drug-likeness (QED) is 0.609. The number of ketones is 1. The highest BCUT2D eigenvalue weighted by Crippen LogP contribution is 2.19. The smallest absolute Gasteiger partial charge is 0.189 e. The number of ether oxygens (including phenoxy) is 1. The molecule has 2 heteroatoms. The second-order valence-electron chi connectivity index (χ2n) is 4.25. The van der Waals surface area contributed by atoms with Crippen LogP contribution >= 0.6 is 0 Å². The molecule has 2 aromatic rings. The van der Waals surface area contributed by atoms with E-state index in [1.807, 2.05) is 49.4 Å². The largest absolute Gasteiger partial charge is 0.496 e. The molecule has 2 rings (SSSR count). The van der Waals surface area contributed by atoms with E-state index in [0.717, 1.165) is 11.1 Å². The van der Waals surface area contributed by atoms with Gasteiger partial charge in [-0.05, 0) is 36.3 Å². The standard InChI is InChI=1S/C17H16O2/c1-13-7-3-4-8-14(13)11-12-16(18)15-9-5-6-10-17(15)19-2/h3-12H,1-2H3/b12-11+. The van der Waals surface area contributed by atoms with Crippen molar-refractivity contribution in [2.24, 2.45) is 0 Å². The summed E-state index contributed by atoms with van der Waals surface area (Å²) >= 11 is 0. The molecule has 0 aromatic heterocycles. The summed E-state index contributed by atoms with van der Waals surface area (Å²) in [6, 6.07) is 15.2. The third kappa shape index (κ3) is 3.10. The zero-order chi connectivity index (χ0) is 13.7. The summed E-state index contributed by atoms with van der Waals surface area (Å²) in [6.07, 6.45) is 3.42. The van der Waals surface area contributed by atoms with Crippen molar-refractivity contribution in [2.75, 3.05) is 7.11 Å². The number of methoxy groups -OCH3 is 1. The molecule has 0 atom stereocenters. The lowest BCUT2D eigenvalue weighted by Crippen LogP contribution is -1.98. The van der Waals surface area contributed by atoms with Crippen LogP contribution in [0.25, 0.3) is 6.08 Å². The van der Waals surface area contributed by atoms with E-state index in [9.17, 15) is 4.79 Å². The molecule has 0 spiro atoms. The van der Waals surface area contributed by atoms with Gasteiger partial charge >= 0.3 is 0 Å². The normalized spacial score (nSPS) is 10.6. The van der Waals surface area contributed by atoms with Crippen LogP contribution in [0.2, 0.25) is 0 Å². The number of hydrogen-bond acceptors (Lipinski definition) is 2. The zero-order valence-electron chi connectivity index (χ0n) is 11.1. The van der Waals surface area contributed by atoms with E-state index in [1.54, 1.807) is 25.3 Å². The molecule has 0 aliphatic heterocycles. The van der Waals surface area contributed by atoms with E-state index in [1.165, 1.54) is 0 Å². The molecule has 0 heterocycles. The average molecular weight is 252 g/mol. The molecule has 19 heavy (non-hydrogen) atoms. The Hall–Kier alpha value is -2.35. The molecule has 0 N–H and O–H groups in total. The second kappa shape index (κ2) is 6.01. The molecule has 0 aliphatic rings. The molecule has 2 aromatic carbocycles. The maximum Gasteiger partial charge on any atom is 0.189 e. The summed E-state index contributed by atoms with van der Waals surface area (Å²) in [6.45, 7) is 2.02. The van der Waals surface area contributed by atoms with Gasteiger partial charge in [-0.25, -0.2) is 0 Å². The fraction of sp³-hybridized carbons (Fsp3) is 0.118. The van der Waals surface area contributed by atoms with Crippen molar-refractivity contribution in [2.45, 2.75) is 6.92 Å². The predicted octanol–water partition coefficient (Wildman–Crippen LogP) is 3.90. The van der Waals surface area contributed by atoms with Gasteiger partial charge in [0.15, 0.2) is 5.78 Å². The number of carbonyl (C=O) groups is 1. The molecule has 96 valence electrons. The summed E-state index contributed by atoms with van der Waals surface area (Å²) in [5, 5.41) is 0. The van der Waals surface area contributed by atoms with Gasteiger partial charge < -0.3 is 4.74 Å². The summed E-state index contributed by atoms with van der Waals surface area (Å²) in [5.74, 6) is 0.544. The highest BCUT2D eigenvalue weighted by atomic mass is 16.5. The van der Waals surface area contributed by atoms with Crippen molar-refractivity contribution in [1.29, 1.82) is 0 Å². The SMILES string of the molecule is COc1ccccc1C(=O)/C=C/c1ccccc1C.